The summed E-state index contributed by atoms with van der Waals surface area (Å²) in [7, 11) is 0. The van der Waals surface area contributed by atoms with E-state index in [-0.39, 0.29) is 12.0 Å². The van der Waals surface area contributed by atoms with Gasteiger partial charge in [0, 0.05) is 11.5 Å². The predicted octanol–water partition coefficient (Wildman–Crippen LogP) is 2.94. The molecule has 4 heterocycles. The number of carbonyl (C=O) groups is 1. The summed E-state index contributed by atoms with van der Waals surface area (Å²) in [5.41, 5.74) is 0.813. The van der Waals surface area contributed by atoms with E-state index in [1.807, 2.05) is 25.3 Å². The fraction of sp³-hybridized carbons (Fsp3) is 0.400. The molecule has 1 aliphatic rings. The van der Waals surface area contributed by atoms with Gasteiger partial charge in [-0.25, -0.2) is 9.50 Å². The lowest BCUT2D eigenvalue weighted by atomic mass is 10.2. The molecular weight excluding hydrogens is 332 g/mol. The third-order valence-corrected chi connectivity index (χ3v) is 5.74. The van der Waals surface area contributed by atoms with Crippen LogP contribution in [-0.4, -0.2) is 27.1 Å². The molecule has 1 N–H and O–H groups in total. The Bertz CT molecular complexity index is 813. The number of imidazole rings is 1. The van der Waals surface area contributed by atoms with Crippen molar-refractivity contribution >= 4 is 33.5 Å². The van der Waals surface area contributed by atoms with Crippen molar-refractivity contribution < 1.29 is 9.53 Å². The zero-order valence-corrected chi connectivity index (χ0v) is 14.2. The number of rotatable bonds is 4. The number of aromatic nitrogens is 3. The third-order valence-electron chi connectivity index (χ3n) is 3.72. The maximum atomic E-state index is 12.3. The van der Waals surface area contributed by atoms with Gasteiger partial charge in [0.15, 0.2) is 0 Å². The molecule has 0 spiro atoms. The molecule has 0 bridgehead atoms. The molecule has 0 radical (unpaired) electrons. The van der Waals surface area contributed by atoms with Crippen LogP contribution in [0.25, 0.3) is 4.96 Å². The Morgan fingerprint density at radius 3 is 3.17 bits per heavy atom. The lowest BCUT2D eigenvalue weighted by Crippen LogP contribution is -2.21. The minimum Gasteiger partial charge on any atom is -0.373 e. The number of aryl methyl sites for hydroxylation is 1. The molecule has 120 valence electrons. The van der Waals surface area contributed by atoms with E-state index in [1.54, 1.807) is 4.52 Å². The molecule has 1 atom stereocenters. The maximum absolute atomic E-state index is 12.3. The van der Waals surface area contributed by atoms with Gasteiger partial charge in [0.2, 0.25) is 4.96 Å². The summed E-state index contributed by atoms with van der Waals surface area (Å²) < 4.78 is 7.41. The number of thiophene rings is 1. The van der Waals surface area contributed by atoms with Crippen molar-refractivity contribution in [1.82, 2.24) is 19.9 Å². The van der Waals surface area contributed by atoms with Gasteiger partial charge in [-0.2, -0.15) is 5.10 Å². The van der Waals surface area contributed by atoms with Crippen molar-refractivity contribution in [3.05, 3.63) is 38.8 Å². The van der Waals surface area contributed by atoms with Crippen molar-refractivity contribution in [2.24, 2.45) is 0 Å². The molecule has 4 rings (SSSR count). The summed E-state index contributed by atoms with van der Waals surface area (Å²) in [6.07, 6.45) is 4.15. The summed E-state index contributed by atoms with van der Waals surface area (Å²) in [5.74, 6) is -0.0697. The van der Waals surface area contributed by atoms with Crippen LogP contribution in [0.15, 0.2) is 18.3 Å². The molecule has 1 aliphatic heterocycles. The minimum atomic E-state index is -0.0697. The number of fused-ring (bicyclic) bond motifs is 1. The Hall–Kier alpha value is -1.77. The van der Waals surface area contributed by atoms with Gasteiger partial charge in [0.25, 0.3) is 5.91 Å². The fourth-order valence-electron chi connectivity index (χ4n) is 2.64. The SMILES string of the molecule is Cc1nn2cc(CNC(=O)c3ccc(C4CCCO4)s3)nc2s1. The Labute approximate surface area is 141 Å². The molecule has 23 heavy (non-hydrogen) atoms. The van der Waals surface area contributed by atoms with E-state index in [0.29, 0.717) is 11.4 Å². The predicted molar refractivity (Wildman–Crippen MR) is 89.0 cm³/mol. The molecule has 3 aromatic heterocycles. The molecule has 1 unspecified atom stereocenters. The van der Waals surface area contributed by atoms with Gasteiger partial charge in [-0.1, -0.05) is 11.3 Å². The normalized spacial score (nSPS) is 17.9. The van der Waals surface area contributed by atoms with Crippen LogP contribution in [-0.2, 0) is 11.3 Å². The topological polar surface area (TPSA) is 68.5 Å². The smallest absolute Gasteiger partial charge is 0.261 e. The second-order valence-electron chi connectivity index (χ2n) is 5.47. The van der Waals surface area contributed by atoms with Crippen molar-refractivity contribution in [1.29, 1.82) is 0 Å². The Balaban J connectivity index is 1.40. The summed E-state index contributed by atoms with van der Waals surface area (Å²) in [5, 5.41) is 8.21. The van der Waals surface area contributed by atoms with E-state index in [9.17, 15) is 4.79 Å². The van der Waals surface area contributed by atoms with E-state index in [2.05, 4.69) is 15.4 Å². The van der Waals surface area contributed by atoms with Gasteiger partial charge in [0.1, 0.15) is 5.01 Å². The second-order valence-corrected chi connectivity index (χ2v) is 7.74. The number of amides is 1. The first-order valence-electron chi connectivity index (χ1n) is 7.50. The van der Waals surface area contributed by atoms with E-state index in [1.165, 1.54) is 22.7 Å². The van der Waals surface area contributed by atoms with Crippen LogP contribution in [0.3, 0.4) is 0 Å². The number of carbonyl (C=O) groups excluding carboxylic acids is 1. The second kappa shape index (κ2) is 6.03. The van der Waals surface area contributed by atoms with Crippen molar-refractivity contribution in [3.8, 4) is 0 Å². The molecule has 1 fully saturated rings. The highest BCUT2D eigenvalue weighted by atomic mass is 32.1. The van der Waals surface area contributed by atoms with Gasteiger partial charge in [-0.15, -0.1) is 11.3 Å². The van der Waals surface area contributed by atoms with Crippen LogP contribution in [0.5, 0.6) is 0 Å². The average molecular weight is 348 g/mol. The number of hydrogen-bond acceptors (Lipinski definition) is 6. The van der Waals surface area contributed by atoms with Gasteiger partial charge in [-0.3, -0.25) is 4.79 Å². The molecule has 0 aliphatic carbocycles. The summed E-state index contributed by atoms with van der Waals surface area (Å²) in [6, 6.07) is 3.86. The van der Waals surface area contributed by atoms with E-state index in [4.69, 9.17) is 4.74 Å². The molecular formula is C15H16N4O2S2. The number of nitrogens with one attached hydrogen (secondary N) is 1. The standard InChI is InChI=1S/C15H16N4O2S2/c1-9-18-19-8-10(17-15(19)22-9)7-16-14(20)13-5-4-12(23-13)11-3-2-6-21-11/h4-5,8,11H,2-3,6-7H2,1H3,(H,16,20). The van der Waals surface area contributed by atoms with Crippen LogP contribution < -0.4 is 5.32 Å². The van der Waals surface area contributed by atoms with Gasteiger partial charge in [0.05, 0.1) is 29.4 Å². The molecule has 1 amide bonds. The van der Waals surface area contributed by atoms with E-state index >= 15 is 0 Å². The minimum absolute atomic E-state index is 0.0697. The Morgan fingerprint density at radius 1 is 1.48 bits per heavy atom. The van der Waals surface area contributed by atoms with Crippen molar-refractivity contribution in [2.75, 3.05) is 6.61 Å². The molecule has 1 saturated heterocycles. The van der Waals surface area contributed by atoms with Crippen molar-refractivity contribution in [3.63, 3.8) is 0 Å². The first kappa shape index (κ1) is 14.8. The van der Waals surface area contributed by atoms with Gasteiger partial charge >= 0.3 is 0 Å². The lowest BCUT2D eigenvalue weighted by molar-refractivity contribution is 0.0954. The zero-order chi connectivity index (χ0) is 15.8. The van der Waals surface area contributed by atoms with Gasteiger partial charge < -0.3 is 10.1 Å². The number of nitrogens with zero attached hydrogens (tertiary/aromatic N) is 3. The third kappa shape index (κ3) is 3.01. The quantitative estimate of drug-likeness (QED) is 0.787. The van der Waals surface area contributed by atoms with Crippen LogP contribution in [0.1, 0.15) is 44.2 Å². The molecule has 6 nitrogen and oxygen atoms in total. The summed E-state index contributed by atoms with van der Waals surface area (Å²) in [6.45, 7) is 3.17. The number of ether oxygens (including phenoxy) is 1. The largest absolute Gasteiger partial charge is 0.373 e. The highest BCUT2D eigenvalue weighted by Gasteiger charge is 2.21. The van der Waals surface area contributed by atoms with Crippen molar-refractivity contribution in [2.45, 2.75) is 32.4 Å². The highest BCUT2D eigenvalue weighted by molar-refractivity contribution is 7.16. The zero-order valence-electron chi connectivity index (χ0n) is 12.6. The molecule has 8 heteroatoms. The summed E-state index contributed by atoms with van der Waals surface area (Å²) >= 11 is 3.05. The van der Waals surface area contributed by atoms with Crippen LogP contribution in [0, 0.1) is 6.92 Å². The van der Waals surface area contributed by atoms with E-state index < -0.39 is 0 Å². The number of hydrogen-bond donors (Lipinski definition) is 1. The van der Waals surface area contributed by atoms with Gasteiger partial charge in [-0.05, 0) is 31.9 Å². The monoisotopic (exact) mass is 348 g/mol. The first-order chi connectivity index (χ1) is 11.2. The average Bonchev–Trinajstić information content (AvgIpc) is 3.27. The summed E-state index contributed by atoms with van der Waals surface area (Å²) in [4.78, 5) is 19.4. The van der Waals surface area contributed by atoms with Crippen LogP contribution >= 0.6 is 22.7 Å². The molecule has 0 aromatic carbocycles. The highest BCUT2D eigenvalue weighted by Crippen LogP contribution is 2.33. The molecule has 0 saturated carbocycles. The maximum Gasteiger partial charge on any atom is 0.261 e. The van der Waals surface area contributed by atoms with Crippen LogP contribution in [0.2, 0.25) is 0 Å². The molecule has 3 aromatic rings. The lowest BCUT2D eigenvalue weighted by Gasteiger charge is -2.05. The van der Waals surface area contributed by atoms with Crippen LogP contribution in [0.4, 0.5) is 0 Å². The Kier molecular flexibility index (Phi) is 3.88. The van der Waals surface area contributed by atoms with E-state index in [0.717, 1.165) is 40.0 Å². The fourth-order valence-corrected chi connectivity index (χ4v) is 4.39. The Morgan fingerprint density at radius 2 is 2.39 bits per heavy atom. The first-order valence-corrected chi connectivity index (χ1v) is 9.13.